The van der Waals surface area contributed by atoms with Gasteiger partial charge in [-0.05, 0) is 78.9 Å². The molecule has 3 aromatic carbocycles. The molecule has 0 amide bonds. The van der Waals surface area contributed by atoms with Crippen molar-refractivity contribution in [3.8, 4) is 28.4 Å². The predicted octanol–water partition coefficient (Wildman–Crippen LogP) is 7.56. The molecule has 0 radical (unpaired) electrons. The number of methoxy groups -OCH3 is 1. The Morgan fingerprint density at radius 1 is 0.795 bits per heavy atom. The van der Waals surface area contributed by atoms with Gasteiger partial charge in [-0.15, -0.1) is 0 Å². The number of carbonyl (C=O) groups is 2. The number of ether oxygens (including phenoxy) is 4. The van der Waals surface area contributed by atoms with Gasteiger partial charge in [0, 0.05) is 12.0 Å². The molecule has 0 N–H and O–H groups in total. The Labute approximate surface area is 230 Å². The molecular formula is C33H36O6. The van der Waals surface area contributed by atoms with Crippen molar-refractivity contribution in [2.45, 2.75) is 57.5 Å². The van der Waals surface area contributed by atoms with Crippen LogP contribution >= 0.6 is 0 Å². The average Bonchev–Trinajstić information content (AvgIpc) is 3.29. The van der Waals surface area contributed by atoms with E-state index in [0.29, 0.717) is 29.9 Å². The summed E-state index contributed by atoms with van der Waals surface area (Å²) in [6.45, 7) is 4.37. The van der Waals surface area contributed by atoms with E-state index in [9.17, 15) is 9.59 Å². The number of hydrogen-bond donors (Lipinski definition) is 0. The maximum Gasteiger partial charge on any atom is 0.343 e. The molecule has 6 heteroatoms. The van der Waals surface area contributed by atoms with Crippen LogP contribution in [0, 0.1) is 0 Å². The van der Waals surface area contributed by atoms with Gasteiger partial charge in [0.2, 0.25) is 0 Å². The first-order valence-electron chi connectivity index (χ1n) is 13.6. The summed E-state index contributed by atoms with van der Waals surface area (Å²) >= 11 is 0. The van der Waals surface area contributed by atoms with Crippen LogP contribution in [0.4, 0.5) is 0 Å². The number of carbonyl (C=O) groups excluding carboxylic acids is 2. The fraction of sp³-hybridized carbons (Fsp3) is 0.333. The first kappa shape index (κ1) is 28.0. The summed E-state index contributed by atoms with van der Waals surface area (Å²) in [6.07, 6.45) is 8.27. The highest BCUT2D eigenvalue weighted by Crippen LogP contribution is 2.26. The van der Waals surface area contributed by atoms with Gasteiger partial charge in [-0.3, -0.25) is 0 Å². The van der Waals surface area contributed by atoms with Crippen molar-refractivity contribution in [2.75, 3.05) is 13.7 Å². The van der Waals surface area contributed by atoms with Crippen LogP contribution < -0.4 is 14.2 Å². The molecule has 0 saturated carbocycles. The minimum atomic E-state index is -0.408. The average molecular weight is 529 g/mol. The van der Waals surface area contributed by atoms with Gasteiger partial charge in [-0.2, -0.15) is 0 Å². The van der Waals surface area contributed by atoms with E-state index in [-0.39, 0.29) is 12.1 Å². The fourth-order valence-corrected chi connectivity index (χ4v) is 4.52. The Balaban J connectivity index is 1.10. The number of unbranched alkanes of at least 4 members (excludes halogenated alkanes) is 5. The highest BCUT2D eigenvalue weighted by atomic mass is 16.6. The van der Waals surface area contributed by atoms with Crippen LogP contribution in [0.3, 0.4) is 0 Å². The summed E-state index contributed by atoms with van der Waals surface area (Å²) in [5.74, 6) is 1.40. The molecule has 0 aliphatic carbocycles. The van der Waals surface area contributed by atoms with Crippen LogP contribution in [-0.4, -0.2) is 31.8 Å². The van der Waals surface area contributed by atoms with Crippen molar-refractivity contribution in [1.29, 1.82) is 0 Å². The predicted molar refractivity (Wildman–Crippen MR) is 151 cm³/mol. The van der Waals surface area contributed by atoms with Crippen LogP contribution in [0.1, 0.15) is 61.7 Å². The highest BCUT2D eigenvalue weighted by molar-refractivity contribution is 5.91. The molecule has 3 aromatic rings. The Hall–Kier alpha value is -4.06. The number of esters is 2. The second-order valence-corrected chi connectivity index (χ2v) is 9.76. The Bertz CT molecular complexity index is 1210. The molecule has 1 aliphatic rings. The van der Waals surface area contributed by atoms with E-state index in [1.165, 1.54) is 6.42 Å². The number of benzene rings is 3. The van der Waals surface area contributed by atoms with E-state index in [1.54, 1.807) is 43.5 Å². The van der Waals surface area contributed by atoms with Crippen LogP contribution in [0.2, 0.25) is 0 Å². The Kier molecular flexibility index (Phi) is 10.2. The van der Waals surface area contributed by atoms with Gasteiger partial charge in [-0.25, -0.2) is 9.59 Å². The Morgan fingerprint density at radius 3 is 1.95 bits per heavy atom. The number of cyclic esters (lactones) is 1. The first-order valence-corrected chi connectivity index (χ1v) is 13.6. The lowest BCUT2D eigenvalue weighted by Crippen LogP contribution is -2.08. The molecule has 1 heterocycles. The van der Waals surface area contributed by atoms with E-state index in [0.717, 1.165) is 61.2 Å². The van der Waals surface area contributed by atoms with Crippen LogP contribution in [0.15, 0.2) is 84.9 Å². The largest absolute Gasteiger partial charge is 0.497 e. The van der Waals surface area contributed by atoms with Crippen molar-refractivity contribution >= 4 is 11.9 Å². The zero-order valence-electron chi connectivity index (χ0n) is 22.5. The summed E-state index contributed by atoms with van der Waals surface area (Å²) in [4.78, 5) is 23.9. The molecule has 39 heavy (non-hydrogen) atoms. The first-order chi connectivity index (χ1) is 19.0. The molecule has 1 saturated heterocycles. The topological polar surface area (TPSA) is 71.1 Å². The normalized spacial score (nSPS) is 14.6. The SMILES string of the molecule is C=C1CC(CCCCCCCCOc2ccc(C(=O)Oc3ccc(-c4ccc(OC)cc4)cc3)cc2)OC1=O. The molecule has 1 unspecified atom stereocenters. The third-order valence-electron chi connectivity index (χ3n) is 6.80. The van der Waals surface area contributed by atoms with Gasteiger partial charge in [0.1, 0.15) is 23.4 Å². The van der Waals surface area contributed by atoms with Crippen molar-refractivity contribution < 1.29 is 28.5 Å². The zero-order valence-corrected chi connectivity index (χ0v) is 22.5. The van der Waals surface area contributed by atoms with Gasteiger partial charge >= 0.3 is 11.9 Å². The maximum absolute atomic E-state index is 12.6. The molecule has 0 bridgehead atoms. The van der Waals surface area contributed by atoms with Crippen LogP contribution in [0.5, 0.6) is 17.2 Å². The van der Waals surface area contributed by atoms with E-state index in [4.69, 9.17) is 18.9 Å². The monoisotopic (exact) mass is 528 g/mol. The van der Waals surface area contributed by atoms with E-state index in [2.05, 4.69) is 6.58 Å². The summed E-state index contributed by atoms with van der Waals surface area (Å²) in [6, 6.07) is 22.3. The zero-order chi connectivity index (χ0) is 27.5. The standard InChI is InChI=1S/C33H36O6/c1-24-23-31(39-32(24)34)9-7-5-3-4-6-8-22-37-29-18-14-27(15-19-29)33(35)38-30-20-12-26(13-21-30)25-10-16-28(36-2)17-11-25/h10-21,31H,1,3-9,22-23H2,2H3. The fourth-order valence-electron chi connectivity index (χ4n) is 4.52. The van der Waals surface area contributed by atoms with Crippen LogP contribution in [0.25, 0.3) is 11.1 Å². The second-order valence-electron chi connectivity index (χ2n) is 9.76. The molecule has 6 nitrogen and oxygen atoms in total. The third kappa shape index (κ3) is 8.47. The van der Waals surface area contributed by atoms with Crippen molar-refractivity contribution in [2.24, 2.45) is 0 Å². The maximum atomic E-state index is 12.6. The van der Waals surface area contributed by atoms with Crippen molar-refractivity contribution in [3.05, 3.63) is 90.5 Å². The lowest BCUT2D eigenvalue weighted by molar-refractivity contribution is -0.139. The third-order valence-corrected chi connectivity index (χ3v) is 6.80. The van der Waals surface area contributed by atoms with E-state index >= 15 is 0 Å². The van der Waals surface area contributed by atoms with Crippen molar-refractivity contribution in [3.63, 3.8) is 0 Å². The smallest absolute Gasteiger partial charge is 0.343 e. The molecule has 1 aliphatic heterocycles. The van der Waals surface area contributed by atoms with Gasteiger partial charge in [0.05, 0.1) is 19.3 Å². The van der Waals surface area contributed by atoms with E-state index in [1.807, 2.05) is 36.4 Å². The summed E-state index contributed by atoms with van der Waals surface area (Å²) in [7, 11) is 1.64. The van der Waals surface area contributed by atoms with Gasteiger partial charge in [-0.1, -0.05) is 56.5 Å². The number of rotatable bonds is 14. The van der Waals surface area contributed by atoms with Gasteiger partial charge < -0.3 is 18.9 Å². The summed E-state index contributed by atoms with van der Waals surface area (Å²) in [5.41, 5.74) is 3.15. The van der Waals surface area contributed by atoms with Crippen molar-refractivity contribution in [1.82, 2.24) is 0 Å². The quantitative estimate of drug-likeness (QED) is 0.0930. The molecule has 4 rings (SSSR count). The second kappa shape index (κ2) is 14.2. The van der Waals surface area contributed by atoms with Crippen LogP contribution in [-0.2, 0) is 9.53 Å². The van der Waals surface area contributed by atoms with Gasteiger partial charge in [0.25, 0.3) is 0 Å². The Morgan fingerprint density at radius 2 is 1.36 bits per heavy atom. The number of hydrogen-bond acceptors (Lipinski definition) is 6. The molecule has 204 valence electrons. The summed E-state index contributed by atoms with van der Waals surface area (Å²) < 4.78 is 21.8. The van der Waals surface area contributed by atoms with E-state index < -0.39 is 5.97 Å². The lowest BCUT2D eigenvalue weighted by Gasteiger charge is -2.09. The lowest BCUT2D eigenvalue weighted by atomic mass is 10.0. The molecular weight excluding hydrogens is 492 g/mol. The molecule has 0 aromatic heterocycles. The van der Waals surface area contributed by atoms with Gasteiger partial charge in [0.15, 0.2) is 0 Å². The molecule has 1 fully saturated rings. The molecule has 0 spiro atoms. The minimum Gasteiger partial charge on any atom is -0.497 e. The molecule has 1 atom stereocenters. The summed E-state index contributed by atoms with van der Waals surface area (Å²) in [5, 5.41) is 0. The highest BCUT2D eigenvalue weighted by Gasteiger charge is 2.26. The minimum absolute atomic E-state index is 0.0314.